The molecule has 0 aliphatic carbocycles. The van der Waals surface area contributed by atoms with Gasteiger partial charge in [0.25, 0.3) is 0 Å². The quantitative estimate of drug-likeness (QED) is 0.0606. The lowest BCUT2D eigenvalue weighted by atomic mass is 10.0. The van der Waals surface area contributed by atoms with Crippen LogP contribution in [0.15, 0.2) is 30.3 Å². The molecular weight excluding hydrogens is 627 g/mol. The average molecular weight is 724 g/mol. The first-order chi connectivity index (χ1) is 25.9. The average Bonchev–Trinajstić information content (AvgIpc) is 3.17. The molecular formula is C51H97N. The van der Waals surface area contributed by atoms with E-state index in [4.69, 9.17) is 0 Å². The van der Waals surface area contributed by atoms with E-state index in [1.165, 1.54) is 282 Å². The third-order valence-corrected chi connectivity index (χ3v) is 11.9. The lowest BCUT2D eigenvalue weighted by Gasteiger charge is -2.25. The van der Waals surface area contributed by atoms with Crippen LogP contribution in [0.25, 0.3) is 0 Å². The number of rotatable bonds is 44. The van der Waals surface area contributed by atoms with E-state index in [1.54, 1.807) is 0 Å². The first-order valence-corrected chi connectivity index (χ1v) is 24.7. The molecule has 1 aromatic rings. The van der Waals surface area contributed by atoms with Crippen LogP contribution in [0.4, 0.5) is 5.69 Å². The fourth-order valence-corrected chi connectivity index (χ4v) is 8.30. The van der Waals surface area contributed by atoms with E-state index in [2.05, 4.69) is 49.1 Å². The molecule has 1 heteroatoms. The second-order valence-electron chi connectivity index (χ2n) is 17.1. The van der Waals surface area contributed by atoms with Crippen LogP contribution in [0.2, 0.25) is 0 Å². The summed E-state index contributed by atoms with van der Waals surface area (Å²) in [6.45, 7) is 7.10. The minimum atomic E-state index is 1.24. The zero-order valence-electron chi connectivity index (χ0n) is 36.2. The minimum Gasteiger partial charge on any atom is -0.372 e. The van der Waals surface area contributed by atoms with Crippen LogP contribution in [0.5, 0.6) is 0 Å². The van der Waals surface area contributed by atoms with Crippen molar-refractivity contribution >= 4 is 5.69 Å². The maximum atomic E-state index is 2.68. The Labute approximate surface area is 330 Å². The first kappa shape index (κ1) is 49.0. The normalized spacial score (nSPS) is 11.5. The van der Waals surface area contributed by atoms with Crippen LogP contribution in [0, 0.1) is 0 Å². The highest BCUT2D eigenvalue weighted by molar-refractivity contribution is 5.45. The Morgan fingerprint density at radius 3 is 0.654 bits per heavy atom. The zero-order chi connectivity index (χ0) is 37.1. The van der Waals surface area contributed by atoms with Gasteiger partial charge in [-0.25, -0.2) is 0 Å². The van der Waals surface area contributed by atoms with Crippen molar-refractivity contribution in [2.24, 2.45) is 0 Å². The van der Waals surface area contributed by atoms with Crippen molar-refractivity contribution in [2.75, 3.05) is 18.0 Å². The first-order valence-electron chi connectivity index (χ1n) is 24.7. The molecule has 0 unspecified atom stereocenters. The van der Waals surface area contributed by atoms with Crippen molar-refractivity contribution in [3.8, 4) is 0 Å². The predicted molar refractivity (Wildman–Crippen MR) is 239 cm³/mol. The number of unbranched alkanes of at least 4 members (excludes halogenated alkanes) is 39. The van der Waals surface area contributed by atoms with Crippen molar-refractivity contribution < 1.29 is 0 Å². The Kier molecular flexibility index (Phi) is 40.3. The summed E-state index contributed by atoms with van der Waals surface area (Å²) < 4.78 is 0. The molecule has 0 amide bonds. The highest BCUT2D eigenvalue weighted by Gasteiger charge is 2.06. The number of hydrogen-bond acceptors (Lipinski definition) is 1. The van der Waals surface area contributed by atoms with Gasteiger partial charge in [-0.15, -0.1) is 0 Å². The maximum Gasteiger partial charge on any atom is 0.0366 e. The molecule has 0 fully saturated rings. The molecule has 1 rings (SSSR count). The van der Waals surface area contributed by atoms with Gasteiger partial charge in [0.1, 0.15) is 0 Å². The summed E-state index contributed by atoms with van der Waals surface area (Å²) in [5, 5.41) is 0. The number of benzene rings is 1. The monoisotopic (exact) mass is 724 g/mol. The van der Waals surface area contributed by atoms with Crippen LogP contribution < -0.4 is 4.90 Å². The summed E-state index contributed by atoms with van der Waals surface area (Å²) in [5.74, 6) is 0. The van der Waals surface area contributed by atoms with Crippen molar-refractivity contribution in [3.05, 3.63) is 30.3 Å². The number of anilines is 1. The van der Waals surface area contributed by atoms with Gasteiger partial charge in [-0.2, -0.15) is 0 Å². The van der Waals surface area contributed by atoms with E-state index in [-0.39, 0.29) is 0 Å². The minimum absolute atomic E-state index is 1.24. The molecule has 1 nitrogen and oxygen atoms in total. The molecule has 0 aliphatic rings. The second kappa shape index (κ2) is 42.8. The number of hydrogen-bond donors (Lipinski definition) is 0. The van der Waals surface area contributed by atoms with Gasteiger partial charge in [0.05, 0.1) is 0 Å². The summed E-state index contributed by atoms with van der Waals surface area (Å²) in [6, 6.07) is 11.3. The van der Waals surface area contributed by atoms with E-state index in [9.17, 15) is 0 Å². The maximum absolute atomic E-state index is 2.68. The third kappa shape index (κ3) is 36.0. The van der Waals surface area contributed by atoms with Crippen LogP contribution in [0.1, 0.15) is 277 Å². The van der Waals surface area contributed by atoms with E-state index in [0.717, 1.165) is 0 Å². The van der Waals surface area contributed by atoms with E-state index in [1.807, 2.05) is 0 Å². The predicted octanol–water partition coefficient (Wildman–Crippen LogP) is 18.5. The largest absolute Gasteiger partial charge is 0.372 e. The van der Waals surface area contributed by atoms with Crippen LogP contribution >= 0.6 is 0 Å². The zero-order valence-corrected chi connectivity index (χ0v) is 36.2. The highest BCUT2D eigenvalue weighted by Crippen LogP contribution is 2.19. The Hall–Kier alpha value is -0.980. The van der Waals surface area contributed by atoms with Gasteiger partial charge >= 0.3 is 0 Å². The van der Waals surface area contributed by atoms with Gasteiger partial charge in [-0.1, -0.05) is 282 Å². The van der Waals surface area contributed by atoms with E-state index >= 15 is 0 Å². The lowest BCUT2D eigenvalue weighted by Crippen LogP contribution is -2.25. The smallest absolute Gasteiger partial charge is 0.0366 e. The molecule has 0 aliphatic heterocycles. The van der Waals surface area contributed by atoms with Crippen molar-refractivity contribution in [1.82, 2.24) is 0 Å². The topological polar surface area (TPSA) is 3.24 Å². The van der Waals surface area contributed by atoms with Gasteiger partial charge in [-0.3, -0.25) is 0 Å². The standard InChI is InChI=1S/C51H97N/c1-3-5-7-9-11-13-15-17-19-21-22-23-24-25-26-27-28-29-31-33-35-37-39-41-46-50-52(51-47-43-42-44-48-51)49-45-40-38-36-34-32-30-20-18-16-14-12-10-8-6-4-2/h42-44,47-48H,3-41,45-46,49-50H2,1-2H3. The summed E-state index contributed by atoms with van der Waals surface area (Å²) >= 11 is 0. The second-order valence-corrected chi connectivity index (χ2v) is 17.1. The van der Waals surface area contributed by atoms with E-state index < -0.39 is 0 Å². The SMILES string of the molecule is CCCCCCCCCCCCCCCCCCCCCCCCCCCN(CCCCCCCCCCCCCCCCCC)c1ccccc1. The molecule has 0 atom stereocenters. The highest BCUT2D eigenvalue weighted by atomic mass is 15.1. The molecule has 1 aromatic carbocycles. The summed E-state index contributed by atoms with van der Waals surface area (Å²) in [4.78, 5) is 2.68. The molecule has 0 saturated heterocycles. The fraction of sp³-hybridized carbons (Fsp3) is 0.882. The molecule has 0 heterocycles. The Morgan fingerprint density at radius 2 is 0.442 bits per heavy atom. The van der Waals surface area contributed by atoms with Crippen molar-refractivity contribution in [1.29, 1.82) is 0 Å². The van der Waals surface area contributed by atoms with Gasteiger partial charge in [-0.05, 0) is 25.0 Å². The summed E-state index contributed by atoms with van der Waals surface area (Å²) in [5.41, 5.74) is 1.44. The Balaban J connectivity index is 1.87. The molecule has 0 N–H and O–H groups in total. The van der Waals surface area contributed by atoms with Crippen LogP contribution in [0.3, 0.4) is 0 Å². The molecule has 0 bridgehead atoms. The van der Waals surface area contributed by atoms with Crippen LogP contribution in [-0.4, -0.2) is 13.1 Å². The molecule has 0 radical (unpaired) electrons. The Morgan fingerprint density at radius 1 is 0.250 bits per heavy atom. The van der Waals surface area contributed by atoms with E-state index in [0.29, 0.717) is 0 Å². The number of nitrogens with zero attached hydrogens (tertiary/aromatic N) is 1. The van der Waals surface area contributed by atoms with Crippen LogP contribution in [-0.2, 0) is 0 Å². The van der Waals surface area contributed by atoms with Gasteiger partial charge < -0.3 is 4.90 Å². The lowest BCUT2D eigenvalue weighted by molar-refractivity contribution is 0.515. The van der Waals surface area contributed by atoms with Crippen molar-refractivity contribution in [3.63, 3.8) is 0 Å². The molecule has 306 valence electrons. The molecule has 0 saturated carbocycles. The van der Waals surface area contributed by atoms with Crippen molar-refractivity contribution in [2.45, 2.75) is 277 Å². The molecule has 52 heavy (non-hydrogen) atoms. The molecule has 0 aromatic heterocycles. The summed E-state index contributed by atoms with van der Waals surface area (Å²) in [6.07, 6.45) is 59.7. The van der Waals surface area contributed by atoms with Gasteiger partial charge in [0.2, 0.25) is 0 Å². The number of para-hydroxylation sites is 1. The van der Waals surface area contributed by atoms with Gasteiger partial charge in [0, 0.05) is 18.8 Å². The Bertz CT molecular complexity index is 758. The molecule has 0 spiro atoms. The third-order valence-electron chi connectivity index (χ3n) is 11.9. The fourth-order valence-electron chi connectivity index (χ4n) is 8.30. The van der Waals surface area contributed by atoms with Gasteiger partial charge in [0.15, 0.2) is 0 Å². The summed E-state index contributed by atoms with van der Waals surface area (Å²) in [7, 11) is 0.